The maximum Gasteiger partial charge on any atom is 0.326 e. The van der Waals surface area contributed by atoms with Crippen LogP contribution in [-0.4, -0.2) is 26.1 Å². The van der Waals surface area contributed by atoms with Crippen molar-refractivity contribution in [2.45, 2.75) is 0 Å². The highest BCUT2D eigenvalue weighted by atomic mass is 16.2. The molecule has 16 heavy (non-hydrogen) atoms. The molecule has 82 valence electrons. The zero-order valence-electron chi connectivity index (χ0n) is 7.90. The van der Waals surface area contributed by atoms with Crippen molar-refractivity contribution in [3.8, 4) is 0 Å². The lowest BCUT2D eigenvalue weighted by Crippen LogP contribution is -2.27. The van der Waals surface area contributed by atoms with Crippen molar-refractivity contribution in [2.75, 3.05) is 5.32 Å². The minimum atomic E-state index is -0.734. The Morgan fingerprint density at radius 2 is 2.12 bits per heavy atom. The molecule has 0 unspecified atom stereocenters. The van der Waals surface area contributed by atoms with E-state index in [4.69, 9.17) is 0 Å². The number of amides is 1. The van der Waals surface area contributed by atoms with E-state index in [0.29, 0.717) is 5.82 Å². The lowest BCUT2D eigenvalue weighted by molar-refractivity contribution is 0.102. The Labute approximate surface area is 87.7 Å². The van der Waals surface area contributed by atoms with Gasteiger partial charge < -0.3 is 10.3 Å². The van der Waals surface area contributed by atoms with Gasteiger partial charge in [0.05, 0.1) is 6.20 Å². The molecule has 1 amide bonds. The van der Waals surface area contributed by atoms with E-state index in [9.17, 15) is 14.4 Å². The number of rotatable bonds is 2. The SMILES string of the molecule is O=C(Nc1ccn[nH]1)c1cc(=O)[nH]c(=O)[nH]1. The van der Waals surface area contributed by atoms with Crippen LogP contribution in [0.5, 0.6) is 0 Å². The van der Waals surface area contributed by atoms with Crippen LogP contribution in [0.15, 0.2) is 27.9 Å². The molecule has 0 fully saturated rings. The lowest BCUT2D eigenvalue weighted by atomic mass is 10.4. The number of H-pyrrole nitrogens is 3. The molecule has 0 aliphatic rings. The van der Waals surface area contributed by atoms with Crippen molar-refractivity contribution < 1.29 is 4.79 Å². The first kappa shape index (κ1) is 9.90. The predicted molar refractivity (Wildman–Crippen MR) is 54.2 cm³/mol. The van der Waals surface area contributed by atoms with Crippen LogP contribution in [0.4, 0.5) is 5.82 Å². The molecule has 2 aromatic rings. The average molecular weight is 221 g/mol. The quantitative estimate of drug-likeness (QED) is 0.521. The Hall–Kier alpha value is -2.64. The second-order valence-electron chi connectivity index (χ2n) is 2.93. The van der Waals surface area contributed by atoms with E-state index in [0.717, 1.165) is 6.07 Å². The molecule has 2 heterocycles. The fraction of sp³-hybridized carbons (Fsp3) is 0. The van der Waals surface area contributed by atoms with Crippen molar-refractivity contribution in [3.63, 3.8) is 0 Å². The maximum absolute atomic E-state index is 11.5. The fourth-order valence-electron chi connectivity index (χ4n) is 1.11. The van der Waals surface area contributed by atoms with E-state index < -0.39 is 17.2 Å². The standard InChI is InChI=1S/C8H7N5O3/c14-6-3-4(10-8(16)12-6)7(15)11-5-1-2-9-13-5/h1-3H,(H2,9,11,13,15)(H2,10,12,14,16). The lowest BCUT2D eigenvalue weighted by Gasteiger charge is -2.00. The summed E-state index contributed by atoms with van der Waals surface area (Å²) in [6.07, 6.45) is 1.45. The summed E-state index contributed by atoms with van der Waals surface area (Å²) < 4.78 is 0. The number of nitrogens with zero attached hydrogens (tertiary/aromatic N) is 1. The zero-order chi connectivity index (χ0) is 11.5. The number of hydrogen-bond acceptors (Lipinski definition) is 4. The van der Waals surface area contributed by atoms with Gasteiger partial charge >= 0.3 is 5.69 Å². The van der Waals surface area contributed by atoms with Gasteiger partial charge in [-0.05, 0) is 0 Å². The van der Waals surface area contributed by atoms with Crippen molar-refractivity contribution in [2.24, 2.45) is 0 Å². The van der Waals surface area contributed by atoms with Gasteiger partial charge in [0.2, 0.25) is 0 Å². The summed E-state index contributed by atoms with van der Waals surface area (Å²) >= 11 is 0. The van der Waals surface area contributed by atoms with Crippen molar-refractivity contribution in [3.05, 3.63) is 44.9 Å². The number of anilines is 1. The summed E-state index contributed by atoms with van der Waals surface area (Å²) in [5.74, 6) is -0.237. The Morgan fingerprint density at radius 1 is 1.31 bits per heavy atom. The van der Waals surface area contributed by atoms with Crippen molar-refractivity contribution in [1.82, 2.24) is 20.2 Å². The van der Waals surface area contributed by atoms with E-state index in [1.54, 1.807) is 0 Å². The van der Waals surface area contributed by atoms with Gasteiger partial charge in [0.25, 0.3) is 11.5 Å². The van der Waals surface area contributed by atoms with E-state index in [1.807, 2.05) is 4.98 Å². The third-order valence-corrected chi connectivity index (χ3v) is 1.75. The minimum absolute atomic E-state index is 0.122. The number of hydrogen-bond donors (Lipinski definition) is 4. The van der Waals surface area contributed by atoms with E-state index >= 15 is 0 Å². The monoisotopic (exact) mass is 221 g/mol. The summed E-state index contributed by atoms with van der Waals surface area (Å²) in [5.41, 5.74) is -1.50. The summed E-state index contributed by atoms with van der Waals surface area (Å²) in [5, 5.41) is 8.54. The van der Waals surface area contributed by atoms with Crippen LogP contribution in [0.2, 0.25) is 0 Å². The van der Waals surface area contributed by atoms with Gasteiger partial charge in [-0.25, -0.2) is 4.79 Å². The molecule has 0 saturated heterocycles. The van der Waals surface area contributed by atoms with E-state index in [1.165, 1.54) is 12.3 Å². The van der Waals surface area contributed by atoms with Crippen LogP contribution in [0.25, 0.3) is 0 Å². The van der Waals surface area contributed by atoms with Crippen LogP contribution >= 0.6 is 0 Å². The van der Waals surface area contributed by atoms with E-state index in [2.05, 4.69) is 20.5 Å². The molecule has 2 aromatic heterocycles. The van der Waals surface area contributed by atoms with Crippen molar-refractivity contribution in [1.29, 1.82) is 0 Å². The molecule has 0 saturated carbocycles. The second kappa shape index (κ2) is 3.85. The van der Waals surface area contributed by atoms with Gasteiger partial charge in [-0.1, -0.05) is 0 Å². The number of nitrogens with one attached hydrogen (secondary N) is 4. The normalized spacial score (nSPS) is 10.0. The smallest absolute Gasteiger partial charge is 0.306 e. The molecule has 0 aliphatic heterocycles. The van der Waals surface area contributed by atoms with Crippen LogP contribution in [0, 0.1) is 0 Å². The van der Waals surface area contributed by atoms with Gasteiger partial charge in [-0.15, -0.1) is 0 Å². The highest BCUT2D eigenvalue weighted by Gasteiger charge is 2.08. The molecule has 8 heteroatoms. The molecular weight excluding hydrogens is 214 g/mol. The summed E-state index contributed by atoms with van der Waals surface area (Å²) in [6.45, 7) is 0. The largest absolute Gasteiger partial charge is 0.326 e. The zero-order valence-corrected chi connectivity index (χ0v) is 7.90. The Bertz CT molecular complexity index is 581. The molecule has 8 nitrogen and oxygen atoms in total. The molecular formula is C8H7N5O3. The third kappa shape index (κ3) is 2.05. The van der Waals surface area contributed by atoms with E-state index in [-0.39, 0.29) is 5.69 Å². The first-order chi connectivity index (χ1) is 7.65. The molecule has 0 aliphatic carbocycles. The summed E-state index contributed by atoms with van der Waals surface area (Å²) in [4.78, 5) is 37.5. The Morgan fingerprint density at radius 3 is 2.75 bits per heavy atom. The van der Waals surface area contributed by atoms with Crippen LogP contribution < -0.4 is 16.6 Å². The molecule has 4 N–H and O–H groups in total. The highest BCUT2D eigenvalue weighted by molar-refractivity contribution is 6.02. The first-order valence-electron chi connectivity index (χ1n) is 4.29. The molecule has 2 rings (SSSR count). The molecule has 0 aromatic carbocycles. The molecule has 0 bridgehead atoms. The second-order valence-corrected chi connectivity index (χ2v) is 2.93. The molecule has 0 radical (unpaired) electrons. The van der Waals surface area contributed by atoms with Crippen LogP contribution in [0.1, 0.15) is 10.5 Å². The summed E-state index contributed by atoms with van der Waals surface area (Å²) in [6, 6.07) is 2.52. The Kier molecular flexibility index (Phi) is 2.38. The van der Waals surface area contributed by atoms with Gasteiger partial charge in [-0.2, -0.15) is 5.10 Å². The Balaban J connectivity index is 2.28. The molecule has 0 spiro atoms. The predicted octanol–water partition coefficient (Wildman–Crippen LogP) is -0.961. The number of carbonyl (C=O) groups is 1. The first-order valence-corrected chi connectivity index (χ1v) is 4.29. The van der Waals surface area contributed by atoms with Gasteiger partial charge in [-0.3, -0.25) is 19.7 Å². The molecule has 0 atom stereocenters. The van der Waals surface area contributed by atoms with Crippen LogP contribution in [-0.2, 0) is 0 Å². The fourth-order valence-corrected chi connectivity index (χ4v) is 1.11. The van der Waals surface area contributed by atoms with Crippen LogP contribution in [0.3, 0.4) is 0 Å². The maximum atomic E-state index is 11.5. The number of carbonyl (C=O) groups excluding carboxylic acids is 1. The third-order valence-electron chi connectivity index (χ3n) is 1.75. The number of aromatic nitrogens is 4. The van der Waals surface area contributed by atoms with Gasteiger partial charge in [0.15, 0.2) is 0 Å². The highest BCUT2D eigenvalue weighted by Crippen LogP contribution is 2.00. The summed E-state index contributed by atoms with van der Waals surface area (Å²) in [7, 11) is 0. The minimum Gasteiger partial charge on any atom is -0.306 e. The topological polar surface area (TPSA) is 123 Å². The van der Waals surface area contributed by atoms with Gasteiger partial charge in [0.1, 0.15) is 11.5 Å². The number of aromatic amines is 3. The van der Waals surface area contributed by atoms with Gasteiger partial charge in [0, 0.05) is 12.1 Å². The average Bonchev–Trinajstić information content (AvgIpc) is 2.68. The van der Waals surface area contributed by atoms with Crippen molar-refractivity contribution >= 4 is 11.7 Å².